The van der Waals surface area contributed by atoms with Crippen LogP contribution in [-0.4, -0.2) is 24.2 Å². The molecule has 0 saturated carbocycles. The zero-order valence-corrected chi connectivity index (χ0v) is 15.1. The van der Waals surface area contributed by atoms with Gasteiger partial charge in [-0.3, -0.25) is 9.63 Å². The van der Waals surface area contributed by atoms with Crippen molar-refractivity contribution in [1.82, 2.24) is 5.48 Å². The quantitative estimate of drug-likeness (QED) is 0.467. The highest BCUT2D eigenvalue weighted by Gasteiger charge is 2.16. The minimum atomic E-state index is -0.591. The lowest BCUT2D eigenvalue weighted by molar-refractivity contribution is 0.0198. The van der Waals surface area contributed by atoms with E-state index in [0.717, 1.165) is 11.1 Å². The molecule has 0 aromatic heterocycles. The minimum Gasteiger partial charge on any atom is -0.506 e. The Kier molecular flexibility index (Phi) is 6.30. The zero-order valence-electron chi connectivity index (χ0n) is 14.4. The molecule has 0 aliphatic rings. The fourth-order valence-electron chi connectivity index (χ4n) is 2.46. The summed E-state index contributed by atoms with van der Waals surface area (Å²) in [5.41, 5.74) is 3.93. The average Bonchev–Trinajstić information content (AvgIpc) is 2.71. The maximum absolute atomic E-state index is 12.3. The molecular weight excluding hydrogens is 366 g/mol. The lowest BCUT2D eigenvalue weighted by atomic mass is 10.0. The number of para-hydroxylation sites is 1. The van der Waals surface area contributed by atoms with Gasteiger partial charge in [0.15, 0.2) is 0 Å². The summed E-state index contributed by atoms with van der Waals surface area (Å²) in [4.78, 5) is 17.5. The summed E-state index contributed by atoms with van der Waals surface area (Å²) in [5.74, 6) is -0.169. The van der Waals surface area contributed by atoms with Gasteiger partial charge in [0, 0.05) is 0 Å². The molecule has 0 saturated heterocycles. The molecule has 0 atom stereocenters. The summed E-state index contributed by atoms with van der Waals surface area (Å²) in [5, 5.41) is 10.2. The van der Waals surface area contributed by atoms with Crippen molar-refractivity contribution in [2.45, 2.75) is 0 Å². The molecule has 0 heterocycles. The van der Waals surface area contributed by atoms with Crippen molar-refractivity contribution in [2.75, 3.05) is 13.2 Å². The Hall–Kier alpha value is -3.02. The van der Waals surface area contributed by atoms with Crippen LogP contribution in [0.5, 0.6) is 11.5 Å². The third-order valence-electron chi connectivity index (χ3n) is 3.78. The smallest absolute Gasteiger partial charge is 0.278 e. The standard InChI is InChI=1S/C21H18ClNO4/c22-19-14-16(15-7-3-1-4-8-15)13-18(20(19)24)21(25)23-27-12-11-26-17-9-5-2-6-10-17/h1-10,13-14,24H,11-12H2,(H,23,25). The maximum atomic E-state index is 12.3. The molecule has 0 bridgehead atoms. The summed E-state index contributed by atoms with van der Waals surface area (Å²) in [6, 6.07) is 21.9. The van der Waals surface area contributed by atoms with Crippen LogP contribution in [0.15, 0.2) is 72.8 Å². The molecule has 0 spiro atoms. The number of phenols is 1. The van der Waals surface area contributed by atoms with Gasteiger partial charge in [-0.1, -0.05) is 60.1 Å². The number of ether oxygens (including phenoxy) is 1. The molecule has 0 aliphatic heterocycles. The number of carbonyl (C=O) groups is 1. The van der Waals surface area contributed by atoms with Crippen molar-refractivity contribution >= 4 is 17.5 Å². The van der Waals surface area contributed by atoms with Crippen molar-refractivity contribution in [1.29, 1.82) is 0 Å². The SMILES string of the molecule is O=C(NOCCOc1ccccc1)c1cc(-c2ccccc2)cc(Cl)c1O. The highest BCUT2D eigenvalue weighted by atomic mass is 35.5. The molecule has 27 heavy (non-hydrogen) atoms. The van der Waals surface area contributed by atoms with E-state index in [-0.39, 0.29) is 29.5 Å². The third kappa shape index (κ3) is 5.00. The van der Waals surface area contributed by atoms with Crippen LogP contribution in [0.4, 0.5) is 0 Å². The molecular formula is C21H18ClNO4. The average molecular weight is 384 g/mol. The molecule has 2 N–H and O–H groups in total. The first-order valence-electron chi connectivity index (χ1n) is 8.33. The predicted molar refractivity (Wildman–Crippen MR) is 104 cm³/mol. The maximum Gasteiger partial charge on any atom is 0.278 e. The number of phenolic OH excluding ortho intramolecular Hbond substituents is 1. The van der Waals surface area contributed by atoms with Gasteiger partial charge in [0.25, 0.3) is 5.91 Å². The fraction of sp³-hybridized carbons (Fsp3) is 0.0952. The molecule has 138 valence electrons. The van der Waals surface area contributed by atoms with Crippen molar-refractivity contribution in [2.24, 2.45) is 0 Å². The Morgan fingerprint density at radius 2 is 1.59 bits per heavy atom. The Labute approximate surface area is 162 Å². The first-order chi connectivity index (χ1) is 13.1. The first kappa shape index (κ1) is 18.8. The number of hydrogen-bond acceptors (Lipinski definition) is 4. The summed E-state index contributed by atoms with van der Waals surface area (Å²) in [7, 11) is 0. The normalized spacial score (nSPS) is 10.4. The number of hydroxylamine groups is 1. The number of hydrogen-bond donors (Lipinski definition) is 2. The number of halogens is 1. The second-order valence-corrected chi connectivity index (χ2v) is 6.07. The lowest BCUT2D eigenvalue weighted by Gasteiger charge is -2.11. The molecule has 3 aromatic carbocycles. The molecule has 0 unspecified atom stereocenters. The first-order valence-corrected chi connectivity index (χ1v) is 8.71. The summed E-state index contributed by atoms with van der Waals surface area (Å²) in [6.45, 7) is 0.411. The lowest BCUT2D eigenvalue weighted by Crippen LogP contribution is -2.26. The van der Waals surface area contributed by atoms with Gasteiger partial charge >= 0.3 is 0 Å². The van der Waals surface area contributed by atoms with Crippen LogP contribution in [0.3, 0.4) is 0 Å². The van der Waals surface area contributed by atoms with Crippen LogP contribution >= 0.6 is 11.6 Å². The molecule has 0 radical (unpaired) electrons. The van der Waals surface area contributed by atoms with Gasteiger partial charge in [-0.25, -0.2) is 5.48 Å². The molecule has 3 aromatic rings. The van der Waals surface area contributed by atoms with Gasteiger partial charge < -0.3 is 9.84 Å². The fourth-order valence-corrected chi connectivity index (χ4v) is 2.68. The van der Waals surface area contributed by atoms with Gasteiger partial charge in [-0.15, -0.1) is 0 Å². The highest BCUT2D eigenvalue weighted by Crippen LogP contribution is 2.33. The van der Waals surface area contributed by atoms with Crippen LogP contribution in [-0.2, 0) is 4.84 Å². The van der Waals surface area contributed by atoms with E-state index in [4.69, 9.17) is 21.2 Å². The number of aromatic hydroxyl groups is 1. The van der Waals surface area contributed by atoms with Crippen LogP contribution < -0.4 is 10.2 Å². The van der Waals surface area contributed by atoms with E-state index in [0.29, 0.717) is 5.75 Å². The van der Waals surface area contributed by atoms with Crippen LogP contribution in [0.25, 0.3) is 11.1 Å². The molecule has 6 heteroatoms. The van der Waals surface area contributed by atoms with E-state index in [1.54, 1.807) is 12.1 Å². The van der Waals surface area contributed by atoms with Crippen LogP contribution in [0.2, 0.25) is 5.02 Å². The Bertz CT molecular complexity index is 901. The number of rotatable bonds is 7. The molecule has 5 nitrogen and oxygen atoms in total. The minimum absolute atomic E-state index is 0.0327. The predicted octanol–water partition coefficient (Wildman–Crippen LogP) is 4.45. The van der Waals surface area contributed by atoms with Crippen molar-refractivity contribution in [3.05, 3.63) is 83.4 Å². The van der Waals surface area contributed by atoms with Gasteiger partial charge in [-0.2, -0.15) is 0 Å². The molecule has 3 rings (SSSR count). The molecule has 0 fully saturated rings. The number of nitrogens with one attached hydrogen (secondary N) is 1. The monoisotopic (exact) mass is 383 g/mol. The largest absolute Gasteiger partial charge is 0.506 e. The second kappa shape index (κ2) is 9.07. The number of benzene rings is 3. The summed E-state index contributed by atoms with van der Waals surface area (Å²) in [6.07, 6.45) is 0. The topological polar surface area (TPSA) is 67.8 Å². The Morgan fingerprint density at radius 1 is 0.926 bits per heavy atom. The van der Waals surface area contributed by atoms with Crippen molar-refractivity contribution in [3.63, 3.8) is 0 Å². The van der Waals surface area contributed by atoms with Gasteiger partial charge in [-0.05, 0) is 35.4 Å². The number of amides is 1. The Balaban J connectivity index is 1.60. The van der Waals surface area contributed by atoms with E-state index in [2.05, 4.69) is 5.48 Å². The second-order valence-electron chi connectivity index (χ2n) is 5.66. The van der Waals surface area contributed by atoms with E-state index >= 15 is 0 Å². The Morgan fingerprint density at radius 3 is 2.30 bits per heavy atom. The molecule has 0 aliphatic carbocycles. The van der Waals surface area contributed by atoms with Crippen molar-refractivity contribution < 1.29 is 19.5 Å². The van der Waals surface area contributed by atoms with E-state index in [1.807, 2.05) is 60.7 Å². The third-order valence-corrected chi connectivity index (χ3v) is 4.07. The molecule has 1 amide bonds. The van der Waals surface area contributed by atoms with Gasteiger partial charge in [0.1, 0.15) is 24.7 Å². The summed E-state index contributed by atoms with van der Waals surface area (Å²) >= 11 is 6.07. The zero-order chi connectivity index (χ0) is 19.1. The number of carbonyl (C=O) groups excluding carboxylic acids is 1. The summed E-state index contributed by atoms with van der Waals surface area (Å²) < 4.78 is 5.47. The highest BCUT2D eigenvalue weighted by molar-refractivity contribution is 6.33. The van der Waals surface area contributed by atoms with Gasteiger partial charge in [0.05, 0.1) is 10.6 Å². The van der Waals surface area contributed by atoms with Crippen LogP contribution in [0.1, 0.15) is 10.4 Å². The van der Waals surface area contributed by atoms with E-state index in [9.17, 15) is 9.90 Å². The van der Waals surface area contributed by atoms with Gasteiger partial charge in [0.2, 0.25) is 0 Å². The van der Waals surface area contributed by atoms with E-state index < -0.39 is 5.91 Å². The van der Waals surface area contributed by atoms with Crippen molar-refractivity contribution in [3.8, 4) is 22.6 Å². The van der Waals surface area contributed by atoms with E-state index in [1.165, 1.54) is 0 Å². The van der Waals surface area contributed by atoms with Crippen LogP contribution in [0, 0.1) is 0 Å².